The number of nitrogens with one attached hydrogen (secondary N) is 2. The van der Waals surface area contributed by atoms with E-state index in [1.54, 1.807) is 24.1 Å². The predicted octanol–water partition coefficient (Wildman–Crippen LogP) is 5.50. The summed E-state index contributed by atoms with van der Waals surface area (Å²) in [4.78, 5) is 14.8. The molecule has 0 saturated carbocycles. The number of anilines is 1. The maximum absolute atomic E-state index is 14.7. The largest absolute Gasteiger partial charge is 0.370 e. The summed E-state index contributed by atoms with van der Waals surface area (Å²) in [5, 5.41) is 5.93. The Morgan fingerprint density at radius 2 is 1.81 bits per heavy atom. The molecule has 0 atom stereocenters. The molecule has 2 N–H and O–H groups in total. The zero-order valence-corrected chi connectivity index (χ0v) is 18.9. The van der Waals surface area contributed by atoms with Crippen molar-refractivity contribution in [2.24, 2.45) is 0 Å². The first-order valence-electron chi connectivity index (χ1n) is 10.5. The highest BCUT2D eigenvalue weighted by molar-refractivity contribution is 5.97. The number of halogens is 2. The van der Waals surface area contributed by atoms with E-state index in [9.17, 15) is 13.6 Å². The lowest BCUT2D eigenvalue weighted by Crippen LogP contribution is -2.32. The normalized spacial score (nSPS) is 14.1. The van der Waals surface area contributed by atoms with Crippen molar-refractivity contribution in [1.29, 1.82) is 0 Å². The number of carbonyl (C=O) groups is 1. The Labute approximate surface area is 188 Å². The van der Waals surface area contributed by atoms with Crippen LogP contribution in [0.3, 0.4) is 0 Å². The fourth-order valence-electron chi connectivity index (χ4n) is 3.96. The van der Waals surface area contributed by atoms with Crippen LogP contribution >= 0.6 is 0 Å². The highest BCUT2D eigenvalue weighted by Gasteiger charge is 2.34. The van der Waals surface area contributed by atoms with Gasteiger partial charge in [0.15, 0.2) is 0 Å². The molecule has 0 fully saturated rings. The van der Waals surface area contributed by atoms with E-state index in [2.05, 4.69) is 17.2 Å². The maximum atomic E-state index is 14.7. The smallest absolute Gasteiger partial charge is 0.273 e. The summed E-state index contributed by atoms with van der Waals surface area (Å²) in [5.74, 6) is -3.74. The molecule has 1 aliphatic rings. The summed E-state index contributed by atoms with van der Waals surface area (Å²) < 4.78 is 29.5. The van der Waals surface area contributed by atoms with Gasteiger partial charge in [0.25, 0.3) is 11.8 Å². The van der Waals surface area contributed by atoms with Crippen molar-refractivity contribution < 1.29 is 13.6 Å². The third kappa shape index (κ3) is 5.25. The van der Waals surface area contributed by atoms with Gasteiger partial charge in [-0.15, -0.1) is 0 Å². The number of hydrogen-bond donors (Lipinski definition) is 2. The van der Waals surface area contributed by atoms with E-state index < -0.39 is 11.8 Å². The first kappa shape index (κ1) is 23.3. The Morgan fingerprint density at radius 3 is 2.44 bits per heavy atom. The third-order valence-electron chi connectivity index (χ3n) is 5.45. The molecule has 0 unspecified atom stereocenters. The molecular weight excluding hydrogens is 408 g/mol. The first-order chi connectivity index (χ1) is 15.1. The summed E-state index contributed by atoms with van der Waals surface area (Å²) in [7, 11) is 1.75. The zero-order chi connectivity index (χ0) is 23.5. The lowest BCUT2D eigenvalue weighted by Gasteiger charge is -2.27. The Bertz CT molecular complexity index is 1080. The van der Waals surface area contributed by atoms with Crippen LogP contribution in [-0.4, -0.2) is 19.5 Å². The lowest BCUT2D eigenvalue weighted by atomic mass is 9.97. The Morgan fingerprint density at radius 1 is 1.12 bits per heavy atom. The van der Waals surface area contributed by atoms with Gasteiger partial charge in [0.2, 0.25) is 0 Å². The van der Waals surface area contributed by atoms with Gasteiger partial charge < -0.3 is 15.5 Å². The number of nitrogens with zero attached hydrogens (tertiary/aromatic N) is 1. The van der Waals surface area contributed by atoms with Crippen LogP contribution in [-0.2, 0) is 12.5 Å². The summed E-state index contributed by atoms with van der Waals surface area (Å²) in [6.45, 7) is 9.32. The van der Waals surface area contributed by atoms with E-state index in [0.29, 0.717) is 17.9 Å². The van der Waals surface area contributed by atoms with Crippen molar-refractivity contribution in [1.82, 2.24) is 10.6 Å². The highest BCUT2D eigenvalue weighted by Crippen LogP contribution is 2.38. The Hall–Kier alpha value is -3.41. The molecule has 0 radical (unpaired) electrons. The number of amides is 1. The molecule has 3 rings (SSSR count). The molecule has 0 saturated heterocycles. The number of benzene rings is 2. The van der Waals surface area contributed by atoms with Gasteiger partial charge in [0, 0.05) is 44.1 Å². The number of rotatable bonds is 7. The van der Waals surface area contributed by atoms with Crippen LogP contribution in [0.5, 0.6) is 0 Å². The van der Waals surface area contributed by atoms with Crippen molar-refractivity contribution in [3.05, 3.63) is 100 Å². The van der Waals surface area contributed by atoms with Crippen LogP contribution in [0, 0.1) is 0 Å². The number of dihydropyridines is 1. The van der Waals surface area contributed by atoms with Crippen molar-refractivity contribution in [2.45, 2.75) is 33.2 Å². The average molecular weight is 438 g/mol. The maximum Gasteiger partial charge on any atom is 0.273 e. The minimum Gasteiger partial charge on any atom is -0.370 e. The van der Waals surface area contributed by atoms with Gasteiger partial charge in [-0.25, -0.2) is 8.78 Å². The molecular formula is C26H29F2N3O. The van der Waals surface area contributed by atoms with E-state index in [0.717, 1.165) is 29.3 Å². The van der Waals surface area contributed by atoms with Gasteiger partial charge in [0.05, 0.1) is 11.1 Å². The second kappa shape index (κ2) is 9.39. The van der Waals surface area contributed by atoms with Crippen molar-refractivity contribution in [2.75, 3.05) is 18.5 Å². The highest BCUT2D eigenvalue weighted by atomic mass is 19.3. The van der Waals surface area contributed by atoms with Gasteiger partial charge in [-0.2, -0.15) is 0 Å². The molecule has 168 valence electrons. The molecule has 4 nitrogen and oxygen atoms in total. The molecule has 1 heterocycles. The summed E-state index contributed by atoms with van der Waals surface area (Å²) in [5.41, 5.74) is 4.48. The molecule has 2 aromatic carbocycles. The number of carbonyl (C=O) groups excluding carboxylic acids is 1. The minimum atomic E-state index is -3.20. The van der Waals surface area contributed by atoms with Crippen molar-refractivity contribution in [3.63, 3.8) is 0 Å². The quantitative estimate of drug-likeness (QED) is 0.601. The van der Waals surface area contributed by atoms with E-state index in [4.69, 9.17) is 0 Å². The molecule has 0 bridgehead atoms. The fraction of sp³-hybridized carbons (Fsp3) is 0.269. The van der Waals surface area contributed by atoms with Gasteiger partial charge >= 0.3 is 0 Å². The van der Waals surface area contributed by atoms with Crippen LogP contribution in [0.1, 0.15) is 42.3 Å². The van der Waals surface area contributed by atoms with E-state index in [-0.39, 0.29) is 17.7 Å². The summed E-state index contributed by atoms with van der Waals surface area (Å²) in [6.07, 6.45) is 1.96. The lowest BCUT2D eigenvalue weighted by molar-refractivity contribution is 0.0168. The number of allylic oxidation sites excluding steroid dienone is 3. The second-order valence-corrected chi connectivity index (χ2v) is 8.20. The SMILES string of the molecule is C=C1NC(C)=CC(C)=C1CNC(=O)c1cccc(N(C)Cc2ccccc2)c1C(C)(F)F. The standard InChI is InChI=1S/C26H29F2N3O/c1-17-14-18(2)30-19(3)22(17)15-29-25(32)21-12-9-13-23(24(21)26(4,27)28)31(5)16-20-10-7-6-8-11-20/h6-14,30H,3,15-16H2,1-2,4-5H3,(H,29,32). The molecule has 1 aliphatic heterocycles. The fourth-order valence-corrected chi connectivity index (χ4v) is 3.96. The number of hydrogen-bond acceptors (Lipinski definition) is 3. The van der Waals surface area contributed by atoms with Crippen LogP contribution in [0.4, 0.5) is 14.5 Å². The average Bonchev–Trinajstić information content (AvgIpc) is 2.72. The van der Waals surface area contributed by atoms with Crippen LogP contribution < -0.4 is 15.5 Å². The summed E-state index contributed by atoms with van der Waals surface area (Å²) in [6, 6.07) is 14.3. The van der Waals surface area contributed by atoms with Gasteiger partial charge in [-0.3, -0.25) is 4.79 Å². The van der Waals surface area contributed by atoms with Crippen LogP contribution in [0.15, 0.2) is 83.7 Å². The molecule has 0 aliphatic carbocycles. The van der Waals surface area contributed by atoms with Crippen molar-refractivity contribution in [3.8, 4) is 0 Å². The van der Waals surface area contributed by atoms with Crippen molar-refractivity contribution >= 4 is 11.6 Å². The monoisotopic (exact) mass is 437 g/mol. The van der Waals surface area contributed by atoms with Gasteiger partial charge in [-0.05, 0) is 48.8 Å². The van der Waals surface area contributed by atoms with E-state index in [1.165, 1.54) is 6.07 Å². The second-order valence-electron chi connectivity index (χ2n) is 8.20. The molecule has 32 heavy (non-hydrogen) atoms. The Kier molecular flexibility index (Phi) is 6.82. The third-order valence-corrected chi connectivity index (χ3v) is 5.45. The Balaban J connectivity index is 1.89. The molecule has 1 amide bonds. The van der Waals surface area contributed by atoms with Crippen LogP contribution in [0.25, 0.3) is 0 Å². The first-order valence-corrected chi connectivity index (χ1v) is 10.5. The summed E-state index contributed by atoms with van der Waals surface area (Å²) >= 11 is 0. The molecule has 0 spiro atoms. The van der Waals surface area contributed by atoms with Crippen LogP contribution in [0.2, 0.25) is 0 Å². The zero-order valence-electron chi connectivity index (χ0n) is 18.9. The molecule has 0 aromatic heterocycles. The van der Waals surface area contributed by atoms with Gasteiger partial charge in [0.1, 0.15) is 0 Å². The topological polar surface area (TPSA) is 44.4 Å². The van der Waals surface area contributed by atoms with E-state index >= 15 is 0 Å². The number of alkyl halides is 2. The predicted molar refractivity (Wildman–Crippen MR) is 126 cm³/mol. The van der Waals surface area contributed by atoms with Gasteiger partial charge in [-0.1, -0.05) is 43.0 Å². The molecule has 6 heteroatoms. The van der Waals surface area contributed by atoms with E-state index in [1.807, 2.05) is 50.3 Å². The molecule has 2 aromatic rings. The minimum absolute atomic E-state index is 0.0331.